The van der Waals surface area contributed by atoms with Gasteiger partial charge >= 0.3 is 0 Å². The highest BCUT2D eigenvalue weighted by Gasteiger charge is 2.36. The molecule has 0 radical (unpaired) electrons. The highest BCUT2D eigenvalue weighted by atomic mass is 16.2. The smallest absolute Gasteiger partial charge is 0.223 e. The maximum Gasteiger partial charge on any atom is 0.223 e. The second kappa shape index (κ2) is 4.85. The van der Waals surface area contributed by atoms with Crippen molar-refractivity contribution in [3.8, 4) is 0 Å². The van der Waals surface area contributed by atoms with E-state index >= 15 is 0 Å². The molecule has 0 heterocycles. The SMILES string of the molecule is CCCN(C(=O)CC(C)(C)C(N)=O)C1CC1. The van der Waals surface area contributed by atoms with Crippen molar-refractivity contribution in [1.82, 2.24) is 4.90 Å². The minimum atomic E-state index is -0.738. The molecule has 0 unspecified atom stereocenters. The summed E-state index contributed by atoms with van der Waals surface area (Å²) in [5.74, 6) is -0.346. The molecule has 4 nitrogen and oxygen atoms in total. The number of hydrogen-bond donors (Lipinski definition) is 1. The summed E-state index contributed by atoms with van der Waals surface area (Å²) >= 11 is 0. The van der Waals surface area contributed by atoms with Gasteiger partial charge in [0.05, 0.1) is 5.41 Å². The van der Waals surface area contributed by atoms with Gasteiger partial charge in [-0.1, -0.05) is 20.8 Å². The van der Waals surface area contributed by atoms with Crippen molar-refractivity contribution >= 4 is 11.8 Å². The fourth-order valence-corrected chi connectivity index (χ4v) is 1.70. The van der Waals surface area contributed by atoms with E-state index in [1.807, 2.05) is 4.90 Å². The maximum atomic E-state index is 12.1. The van der Waals surface area contributed by atoms with Crippen molar-refractivity contribution in [2.75, 3.05) is 6.54 Å². The molecule has 1 fully saturated rings. The zero-order valence-corrected chi connectivity index (χ0v) is 10.5. The van der Waals surface area contributed by atoms with E-state index in [1.54, 1.807) is 13.8 Å². The second-order valence-corrected chi connectivity index (χ2v) is 5.24. The first kappa shape index (κ1) is 13.0. The van der Waals surface area contributed by atoms with Gasteiger partial charge in [0.15, 0.2) is 0 Å². The van der Waals surface area contributed by atoms with E-state index in [9.17, 15) is 9.59 Å². The minimum absolute atomic E-state index is 0.0631. The van der Waals surface area contributed by atoms with Crippen LogP contribution in [0.3, 0.4) is 0 Å². The molecule has 0 aromatic carbocycles. The maximum absolute atomic E-state index is 12.1. The molecular formula is C12H22N2O2. The first-order chi connectivity index (χ1) is 7.38. The molecule has 0 saturated heterocycles. The Morgan fingerprint density at radius 1 is 1.38 bits per heavy atom. The van der Waals surface area contributed by atoms with Crippen molar-refractivity contribution in [3.63, 3.8) is 0 Å². The number of primary amides is 1. The molecule has 0 bridgehead atoms. The van der Waals surface area contributed by atoms with Crippen LogP contribution in [-0.2, 0) is 9.59 Å². The zero-order chi connectivity index (χ0) is 12.3. The third-order valence-corrected chi connectivity index (χ3v) is 3.03. The van der Waals surface area contributed by atoms with Gasteiger partial charge in [-0.25, -0.2) is 0 Å². The van der Waals surface area contributed by atoms with E-state index in [4.69, 9.17) is 5.73 Å². The fraction of sp³-hybridized carbons (Fsp3) is 0.833. The molecule has 2 N–H and O–H groups in total. The molecule has 0 aromatic rings. The van der Waals surface area contributed by atoms with Gasteiger partial charge < -0.3 is 10.6 Å². The van der Waals surface area contributed by atoms with Gasteiger partial charge in [0.1, 0.15) is 0 Å². The van der Waals surface area contributed by atoms with E-state index in [2.05, 4.69) is 6.92 Å². The van der Waals surface area contributed by atoms with Gasteiger partial charge in [0, 0.05) is 19.0 Å². The first-order valence-corrected chi connectivity index (χ1v) is 5.98. The second-order valence-electron chi connectivity index (χ2n) is 5.24. The summed E-state index contributed by atoms with van der Waals surface area (Å²) in [7, 11) is 0. The van der Waals surface area contributed by atoms with E-state index in [1.165, 1.54) is 0 Å². The van der Waals surface area contributed by atoms with Crippen molar-refractivity contribution in [2.24, 2.45) is 11.1 Å². The van der Waals surface area contributed by atoms with Crippen LogP contribution in [0.25, 0.3) is 0 Å². The third-order valence-electron chi connectivity index (χ3n) is 3.03. The van der Waals surface area contributed by atoms with Crippen molar-refractivity contribution in [3.05, 3.63) is 0 Å². The summed E-state index contributed by atoms with van der Waals surface area (Å²) in [5, 5.41) is 0. The van der Waals surface area contributed by atoms with Gasteiger partial charge in [-0.05, 0) is 19.3 Å². The molecule has 1 saturated carbocycles. The van der Waals surface area contributed by atoms with Crippen molar-refractivity contribution in [1.29, 1.82) is 0 Å². The van der Waals surface area contributed by atoms with Crippen LogP contribution < -0.4 is 5.73 Å². The quantitative estimate of drug-likeness (QED) is 0.741. The molecular weight excluding hydrogens is 204 g/mol. The minimum Gasteiger partial charge on any atom is -0.369 e. The molecule has 0 atom stereocenters. The molecule has 1 aliphatic carbocycles. The Hall–Kier alpha value is -1.06. The number of rotatable bonds is 6. The number of amides is 2. The first-order valence-electron chi connectivity index (χ1n) is 5.98. The van der Waals surface area contributed by atoms with E-state index in [0.717, 1.165) is 25.8 Å². The Bertz CT molecular complexity index is 283. The van der Waals surface area contributed by atoms with Crippen LogP contribution >= 0.6 is 0 Å². The molecule has 1 rings (SSSR count). The number of carbonyl (C=O) groups is 2. The number of hydrogen-bond acceptors (Lipinski definition) is 2. The molecule has 2 amide bonds. The molecule has 0 aromatic heterocycles. The van der Waals surface area contributed by atoms with Gasteiger partial charge in [0.2, 0.25) is 11.8 Å². The van der Waals surface area contributed by atoms with Crippen LogP contribution in [0.15, 0.2) is 0 Å². The topological polar surface area (TPSA) is 63.4 Å². The van der Waals surface area contributed by atoms with Crippen LogP contribution in [0.2, 0.25) is 0 Å². The van der Waals surface area contributed by atoms with Gasteiger partial charge in [-0.15, -0.1) is 0 Å². The van der Waals surface area contributed by atoms with Crippen LogP contribution in [0.5, 0.6) is 0 Å². The molecule has 16 heavy (non-hydrogen) atoms. The van der Waals surface area contributed by atoms with E-state index < -0.39 is 11.3 Å². The lowest BCUT2D eigenvalue weighted by atomic mass is 9.88. The summed E-state index contributed by atoms with van der Waals surface area (Å²) in [5.41, 5.74) is 4.54. The zero-order valence-electron chi connectivity index (χ0n) is 10.5. The standard InChI is InChI=1S/C12H22N2O2/c1-4-7-14(9-5-6-9)10(15)8-12(2,3)11(13)16/h9H,4-8H2,1-3H3,(H2,13,16). The number of carbonyl (C=O) groups excluding carboxylic acids is 2. The van der Waals surface area contributed by atoms with Crippen LogP contribution in [-0.4, -0.2) is 29.3 Å². The lowest BCUT2D eigenvalue weighted by molar-refractivity contribution is -0.139. The third kappa shape index (κ3) is 3.22. The normalized spacial score (nSPS) is 15.9. The highest BCUT2D eigenvalue weighted by molar-refractivity contribution is 5.87. The van der Waals surface area contributed by atoms with Gasteiger partial charge in [0.25, 0.3) is 0 Å². The summed E-state index contributed by atoms with van der Waals surface area (Å²) in [4.78, 5) is 25.1. The Balaban J connectivity index is 2.58. The molecule has 92 valence electrons. The molecule has 0 aliphatic heterocycles. The predicted octanol–water partition coefficient (Wildman–Crippen LogP) is 1.29. The largest absolute Gasteiger partial charge is 0.369 e. The lowest BCUT2D eigenvalue weighted by Gasteiger charge is -2.26. The van der Waals surface area contributed by atoms with Crippen LogP contribution in [0.4, 0.5) is 0 Å². The summed E-state index contributed by atoms with van der Waals surface area (Å²) < 4.78 is 0. The molecule has 4 heteroatoms. The van der Waals surface area contributed by atoms with Crippen LogP contribution in [0.1, 0.15) is 46.5 Å². The lowest BCUT2D eigenvalue weighted by Crippen LogP contribution is -2.40. The van der Waals surface area contributed by atoms with Crippen LogP contribution in [0, 0.1) is 5.41 Å². The summed E-state index contributed by atoms with van der Waals surface area (Å²) in [6.07, 6.45) is 3.38. The Morgan fingerprint density at radius 2 is 1.94 bits per heavy atom. The van der Waals surface area contributed by atoms with Gasteiger partial charge in [-0.2, -0.15) is 0 Å². The van der Waals surface area contributed by atoms with E-state index in [-0.39, 0.29) is 12.3 Å². The Labute approximate surface area is 97.2 Å². The average molecular weight is 226 g/mol. The number of nitrogens with two attached hydrogens (primary N) is 1. The van der Waals surface area contributed by atoms with Gasteiger partial charge in [-0.3, -0.25) is 9.59 Å². The van der Waals surface area contributed by atoms with Crippen molar-refractivity contribution < 1.29 is 9.59 Å². The highest BCUT2D eigenvalue weighted by Crippen LogP contribution is 2.30. The summed E-state index contributed by atoms with van der Waals surface area (Å²) in [6, 6.07) is 0.413. The average Bonchev–Trinajstić information content (AvgIpc) is 2.96. The molecule has 0 spiro atoms. The van der Waals surface area contributed by atoms with E-state index in [0.29, 0.717) is 6.04 Å². The predicted molar refractivity (Wildman–Crippen MR) is 62.6 cm³/mol. The number of nitrogens with zero attached hydrogens (tertiary/aromatic N) is 1. The monoisotopic (exact) mass is 226 g/mol. The Morgan fingerprint density at radius 3 is 2.31 bits per heavy atom. The fourth-order valence-electron chi connectivity index (χ4n) is 1.70. The molecule has 1 aliphatic rings. The van der Waals surface area contributed by atoms with Crippen molar-refractivity contribution in [2.45, 2.75) is 52.5 Å². The summed E-state index contributed by atoms with van der Waals surface area (Å²) in [6.45, 7) is 6.30. The Kier molecular flexibility index (Phi) is 3.94.